The van der Waals surface area contributed by atoms with Crippen LogP contribution < -0.4 is 18.9 Å². The molecule has 0 aromatic heterocycles. The van der Waals surface area contributed by atoms with Gasteiger partial charge in [0.1, 0.15) is 31.3 Å². The number of methoxy groups -OCH3 is 3. The number of rotatable bonds is 16. The molecule has 0 saturated carbocycles. The third-order valence-electron chi connectivity index (χ3n) is 7.51. The Kier molecular flexibility index (Phi) is 11.4. The van der Waals surface area contributed by atoms with Crippen molar-refractivity contribution in [3.63, 3.8) is 0 Å². The lowest BCUT2D eigenvalue weighted by Crippen LogP contribution is -2.30. The van der Waals surface area contributed by atoms with Crippen molar-refractivity contribution in [1.29, 1.82) is 0 Å². The minimum atomic E-state index is -0.874. The molecule has 7 nitrogen and oxygen atoms in total. The van der Waals surface area contributed by atoms with Crippen LogP contribution in [0.4, 0.5) is 0 Å². The van der Waals surface area contributed by atoms with E-state index < -0.39 is 12.2 Å². The topological polar surface area (TPSA) is 72.5 Å². The van der Waals surface area contributed by atoms with E-state index >= 15 is 0 Å². The summed E-state index contributed by atoms with van der Waals surface area (Å²) in [6, 6.07) is 40.3. The third-order valence-corrected chi connectivity index (χ3v) is 7.51. The summed E-state index contributed by atoms with van der Waals surface area (Å²) in [4.78, 5) is 14.6. The van der Waals surface area contributed by atoms with Crippen molar-refractivity contribution in [1.82, 2.24) is 0 Å². The molecule has 0 spiro atoms. The molecule has 5 rings (SSSR count). The van der Waals surface area contributed by atoms with Crippen LogP contribution in [0.15, 0.2) is 127 Å². The summed E-state index contributed by atoms with van der Waals surface area (Å²) in [5.74, 6) is 0.808. The lowest BCUT2D eigenvalue weighted by Gasteiger charge is -2.26. The quantitative estimate of drug-likeness (QED) is 0.0819. The Morgan fingerprint density at radius 2 is 1.02 bits per heavy atom. The first-order valence-electron chi connectivity index (χ1n) is 15.0. The molecule has 1 atom stereocenters. The molecule has 0 saturated heterocycles. The Morgan fingerprint density at radius 1 is 0.543 bits per heavy atom. The van der Waals surface area contributed by atoms with Gasteiger partial charge in [-0.25, -0.2) is 0 Å². The zero-order valence-corrected chi connectivity index (χ0v) is 26.3. The summed E-state index contributed by atoms with van der Waals surface area (Å²) in [6.45, 7) is 0.979. The third kappa shape index (κ3) is 8.33. The van der Waals surface area contributed by atoms with Crippen LogP contribution in [0.2, 0.25) is 0 Å². The zero-order valence-electron chi connectivity index (χ0n) is 26.3. The number of ketones is 1. The maximum absolute atomic E-state index is 14.6. The fourth-order valence-electron chi connectivity index (χ4n) is 5.08. The summed E-state index contributed by atoms with van der Waals surface area (Å²) in [7, 11) is 4.59. The molecular weight excluding hydrogens is 580 g/mol. The van der Waals surface area contributed by atoms with Crippen LogP contribution in [0.3, 0.4) is 0 Å². The van der Waals surface area contributed by atoms with E-state index in [1.54, 1.807) is 19.2 Å². The van der Waals surface area contributed by atoms with E-state index in [9.17, 15) is 4.79 Å². The normalized spacial score (nSPS) is 11.6. The number of hydrogen-bond acceptors (Lipinski definition) is 7. The molecule has 46 heavy (non-hydrogen) atoms. The van der Waals surface area contributed by atoms with E-state index in [0.717, 1.165) is 16.7 Å². The van der Waals surface area contributed by atoms with E-state index in [0.29, 0.717) is 47.3 Å². The number of Topliss-reactive ketones (excluding diaryl/α,β-unsaturated/α-hetero) is 1. The first-order chi connectivity index (χ1) is 22.6. The number of ether oxygens (including phenoxy) is 6. The molecule has 0 N–H and O–H groups in total. The van der Waals surface area contributed by atoms with Gasteiger partial charge in [-0.05, 0) is 40.5 Å². The highest BCUT2D eigenvalue weighted by atomic mass is 16.7. The van der Waals surface area contributed by atoms with Crippen molar-refractivity contribution in [3.8, 4) is 23.0 Å². The predicted molar refractivity (Wildman–Crippen MR) is 177 cm³/mol. The lowest BCUT2D eigenvalue weighted by molar-refractivity contribution is -0.110. The molecule has 0 bridgehead atoms. The minimum Gasteiger partial charge on any atom is -0.493 e. The molecule has 7 heteroatoms. The van der Waals surface area contributed by atoms with Gasteiger partial charge in [0.05, 0.1) is 18.6 Å². The molecule has 236 valence electrons. The van der Waals surface area contributed by atoms with Crippen molar-refractivity contribution in [2.45, 2.75) is 32.0 Å². The Hall–Kier alpha value is -5.11. The van der Waals surface area contributed by atoms with Crippen LogP contribution in [-0.2, 0) is 29.3 Å². The van der Waals surface area contributed by atoms with E-state index in [2.05, 4.69) is 0 Å². The average molecular weight is 619 g/mol. The van der Waals surface area contributed by atoms with Crippen LogP contribution in [0.25, 0.3) is 0 Å². The molecule has 0 aliphatic heterocycles. The SMILES string of the molecule is COc1cc(OCc2ccccc2)c(C(=O)[C@@H](c2ccc(OCc3ccccc3)cc2)C(OC)OC)cc1OCc1ccccc1. The van der Waals surface area contributed by atoms with Gasteiger partial charge in [-0.15, -0.1) is 0 Å². The van der Waals surface area contributed by atoms with E-state index in [-0.39, 0.29) is 12.4 Å². The second-order valence-corrected chi connectivity index (χ2v) is 10.6. The highest BCUT2D eigenvalue weighted by Crippen LogP contribution is 2.39. The van der Waals surface area contributed by atoms with Crippen LogP contribution in [0, 0.1) is 0 Å². The Morgan fingerprint density at radius 3 is 1.50 bits per heavy atom. The monoisotopic (exact) mass is 618 g/mol. The zero-order chi connectivity index (χ0) is 32.1. The number of carbonyl (C=O) groups is 1. The van der Waals surface area contributed by atoms with Gasteiger partial charge in [0.25, 0.3) is 0 Å². The molecule has 0 aliphatic carbocycles. The molecule has 0 heterocycles. The number of benzene rings is 5. The van der Waals surface area contributed by atoms with E-state index in [4.69, 9.17) is 28.4 Å². The van der Waals surface area contributed by atoms with Gasteiger partial charge in [0, 0.05) is 20.3 Å². The second kappa shape index (κ2) is 16.3. The summed E-state index contributed by atoms with van der Waals surface area (Å²) in [5, 5.41) is 0. The van der Waals surface area contributed by atoms with Gasteiger partial charge in [0.15, 0.2) is 23.6 Å². The number of hydrogen-bond donors (Lipinski definition) is 0. The number of carbonyl (C=O) groups excluding carboxylic acids is 1. The molecule has 0 amide bonds. The molecule has 0 aliphatic rings. The largest absolute Gasteiger partial charge is 0.493 e. The van der Waals surface area contributed by atoms with Crippen molar-refractivity contribution < 1.29 is 33.2 Å². The van der Waals surface area contributed by atoms with E-state index in [1.165, 1.54) is 14.2 Å². The fourth-order valence-corrected chi connectivity index (χ4v) is 5.08. The van der Waals surface area contributed by atoms with Gasteiger partial charge in [0.2, 0.25) is 0 Å². The standard InChI is InChI=1S/C39H38O7/c1-41-35-24-34(45-26-29-15-9-5-10-16-29)33(23-36(35)46-27-30-17-11-6-12-18-30)38(40)37(39(42-2)43-3)31-19-21-32(22-20-31)44-25-28-13-7-4-8-14-28/h4-24,37,39H,25-27H2,1-3H3/t37-/m1/s1. The van der Waals surface area contributed by atoms with Crippen molar-refractivity contribution >= 4 is 5.78 Å². The first kappa shape index (κ1) is 32.3. The maximum atomic E-state index is 14.6. The Labute approximate surface area is 270 Å². The second-order valence-electron chi connectivity index (χ2n) is 10.6. The van der Waals surface area contributed by atoms with Crippen LogP contribution in [-0.4, -0.2) is 33.4 Å². The van der Waals surface area contributed by atoms with Gasteiger partial charge in [-0.2, -0.15) is 0 Å². The maximum Gasteiger partial charge on any atom is 0.179 e. The van der Waals surface area contributed by atoms with Gasteiger partial charge in [-0.1, -0.05) is 103 Å². The molecule has 0 unspecified atom stereocenters. The molecule has 5 aromatic carbocycles. The van der Waals surface area contributed by atoms with Crippen LogP contribution >= 0.6 is 0 Å². The van der Waals surface area contributed by atoms with Crippen LogP contribution in [0.5, 0.6) is 23.0 Å². The summed E-state index contributed by atoms with van der Waals surface area (Å²) < 4.78 is 35.5. The van der Waals surface area contributed by atoms with Crippen LogP contribution in [0.1, 0.15) is 38.5 Å². The summed E-state index contributed by atoms with van der Waals surface area (Å²) >= 11 is 0. The lowest BCUT2D eigenvalue weighted by atomic mass is 9.89. The molecule has 0 radical (unpaired) electrons. The Balaban J connectivity index is 1.48. The van der Waals surface area contributed by atoms with E-state index in [1.807, 2.05) is 115 Å². The molecule has 0 fully saturated rings. The first-order valence-corrected chi connectivity index (χ1v) is 15.0. The van der Waals surface area contributed by atoms with Gasteiger partial charge in [-0.3, -0.25) is 4.79 Å². The average Bonchev–Trinajstić information content (AvgIpc) is 3.12. The molecule has 5 aromatic rings. The fraction of sp³-hybridized carbons (Fsp3) is 0.205. The highest BCUT2D eigenvalue weighted by molar-refractivity contribution is 6.04. The predicted octanol–water partition coefficient (Wildman–Crippen LogP) is 8.02. The molecular formula is C39H38O7. The van der Waals surface area contributed by atoms with Gasteiger partial charge >= 0.3 is 0 Å². The van der Waals surface area contributed by atoms with Crippen molar-refractivity contribution in [2.24, 2.45) is 0 Å². The van der Waals surface area contributed by atoms with Crippen molar-refractivity contribution in [3.05, 3.63) is 155 Å². The Bertz CT molecular complexity index is 1650. The minimum absolute atomic E-state index is 0.255. The smallest absolute Gasteiger partial charge is 0.179 e. The highest BCUT2D eigenvalue weighted by Gasteiger charge is 2.34. The summed E-state index contributed by atoms with van der Waals surface area (Å²) in [5.41, 5.74) is 4.01. The van der Waals surface area contributed by atoms with Crippen molar-refractivity contribution in [2.75, 3.05) is 21.3 Å². The van der Waals surface area contributed by atoms with Gasteiger partial charge < -0.3 is 28.4 Å². The summed E-state index contributed by atoms with van der Waals surface area (Å²) in [6.07, 6.45) is -0.874.